The van der Waals surface area contributed by atoms with Gasteiger partial charge in [-0.05, 0) is 24.7 Å². The van der Waals surface area contributed by atoms with Crippen molar-refractivity contribution in [1.82, 2.24) is 4.98 Å². The summed E-state index contributed by atoms with van der Waals surface area (Å²) in [7, 11) is 0. The van der Waals surface area contributed by atoms with Gasteiger partial charge in [-0.3, -0.25) is 10.1 Å². The molecule has 0 aliphatic rings. The van der Waals surface area contributed by atoms with E-state index in [1.165, 1.54) is 17.8 Å². The highest BCUT2D eigenvalue weighted by Gasteiger charge is 2.16. The number of nitro groups is 1. The molecule has 0 unspecified atom stereocenters. The van der Waals surface area contributed by atoms with E-state index in [2.05, 4.69) is 24.1 Å². The van der Waals surface area contributed by atoms with Crippen LogP contribution >= 0.6 is 11.8 Å². The maximum absolute atomic E-state index is 11.0. The average molecular weight is 283 g/mol. The number of pyridine rings is 1. The van der Waals surface area contributed by atoms with E-state index in [4.69, 9.17) is 0 Å². The minimum atomic E-state index is -0.362. The summed E-state index contributed by atoms with van der Waals surface area (Å²) in [4.78, 5) is 14.9. The van der Waals surface area contributed by atoms with Crippen LogP contribution in [0.25, 0.3) is 0 Å². The molecular formula is C13H21N3O2S. The van der Waals surface area contributed by atoms with E-state index in [1.54, 1.807) is 6.07 Å². The number of aromatic nitrogens is 1. The number of hydrogen-bond acceptors (Lipinski definition) is 5. The second-order valence-electron chi connectivity index (χ2n) is 4.26. The summed E-state index contributed by atoms with van der Waals surface area (Å²) in [5, 5.41) is 14.6. The predicted molar refractivity (Wildman–Crippen MR) is 79.9 cm³/mol. The minimum Gasteiger partial charge on any atom is -0.370 e. The summed E-state index contributed by atoms with van der Waals surface area (Å²) < 4.78 is 0. The molecule has 1 heterocycles. The number of nitrogens with zero attached hydrogens (tertiary/aromatic N) is 2. The number of thioether (sulfide) groups is 1. The summed E-state index contributed by atoms with van der Waals surface area (Å²) in [6, 6.07) is 3.21. The van der Waals surface area contributed by atoms with Crippen LogP contribution in [0.15, 0.2) is 17.2 Å². The number of rotatable bonds is 9. The van der Waals surface area contributed by atoms with Gasteiger partial charge in [0.25, 0.3) is 0 Å². The Kier molecular flexibility index (Phi) is 7.25. The van der Waals surface area contributed by atoms with Crippen LogP contribution in [-0.2, 0) is 0 Å². The Labute approximate surface area is 118 Å². The molecule has 0 aliphatic carbocycles. The van der Waals surface area contributed by atoms with Gasteiger partial charge in [0.15, 0.2) is 5.03 Å². The predicted octanol–water partition coefficient (Wildman–Crippen LogP) is 4.09. The van der Waals surface area contributed by atoms with Crippen molar-refractivity contribution in [2.24, 2.45) is 0 Å². The molecule has 1 N–H and O–H groups in total. The third kappa shape index (κ3) is 5.46. The minimum absolute atomic E-state index is 0.101. The molecule has 19 heavy (non-hydrogen) atoms. The van der Waals surface area contributed by atoms with Crippen molar-refractivity contribution in [3.63, 3.8) is 0 Å². The van der Waals surface area contributed by atoms with Gasteiger partial charge in [-0.1, -0.05) is 38.5 Å². The van der Waals surface area contributed by atoms with Crippen LogP contribution in [-0.4, -0.2) is 22.2 Å². The fourth-order valence-corrected chi connectivity index (χ4v) is 2.55. The van der Waals surface area contributed by atoms with Crippen LogP contribution in [0.2, 0.25) is 0 Å². The SMILES string of the molecule is CCCCCSc1nc(NCCC)ccc1[N+](=O)[O-]. The number of anilines is 1. The van der Waals surface area contributed by atoms with Crippen molar-refractivity contribution in [2.45, 2.75) is 44.6 Å². The van der Waals surface area contributed by atoms with Gasteiger partial charge in [-0.2, -0.15) is 0 Å². The average Bonchev–Trinajstić information content (AvgIpc) is 2.41. The molecule has 1 aromatic heterocycles. The molecule has 1 rings (SSSR count). The lowest BCUT2D eigenvalue weighted by Gasteiger charge is -2.07. The number of nitrogens with one attached hydrogen (secondary N) is 1. The third-order valence-electron chi connectivity index (χ3n) is 2.58. The second-order valence-corrected chi connectivity index (χ2v) is 5.34. The molecule has 0 atom stereocenters. The van der Waals surface area contributed by atoms with Gasteiger partial charge in [0.2, 0.25) is 0 Å². The van der Waals surface area contributed by atoms with Gasteiger partial charge >= 0.3 is 5.69 Å². The van der Waals surface area contributed by atoms with Gasteiger partial charge in [-0.25, -0.2) is 4.98 Å². The highest BCUT2D eigenvalue weighted by atomic mass is 32.2. The maximum Gasteiger partial charge on any atom is 0.301 e. The lowest BCUT2D eigenvalue weighted by molar-refractivity contribution is -0.388. The fraction of sp³-hybridized carbons (Fsp3) is 0.615. The topological polar surface area (TPSA) is 68.1 Å². The first-order valence-electron chi connectivity index (χ1n) is 6.71. The first-order valence-corrected chi connectivity index (χ1v) is 7.69. The molecule has 0 fully saturated rings. The molecule has 0 amide bonds. The van der Waals surface area contributed by atoms with Crippen LogP contribution in [0.5, 0.6) is 0 Å². The number of hydrogen-bond donors (Lipinski definition) is 1. The monoisotopic (exact) mass is 283 g/mol. The van der Waals surface area contributed by atoms with Crippen LogP contribution in [0.1, 0.15) is 39.5 Å². The molecule has 0 aliphatic heterocycles. The van der Waals surface area contributed by atoms with Crippen molar-refractivity contribution in [1.29, 1.82) is 0 Å². The Hall–Kier alpha value is -1.30. The molecule has 106 valence electrons. The quantitative estimate of drug-likeness (QED) is 0.320. The van der Waals surface area contributed by atoms with Crippen molar-refractivity contribution in [3.8, 4) is 0 Å². The lowest BCUT2D eigenvalue weighted by atomic mass is 10.3. The molecule has 1 aromatic rings. The molecule has 0 radical (unpaired) electrons. The van der Waals surface area contributed by atoms with E-state index in [0.717, 1.165) is 38.0 Å². The molecule has 5 nitrogen and oxygen atoms in total. The van der Waals surface area contributed by atoms with Gasteiger partial charge < -0.3 is 5.32 Å². The summed E-state index contributed by atoms with van der Waals surface area (Å²) in [5.74, 6) is 1.59. The number of unbranched alkanes of at least 4 members (excludes halogenated alkanes) is 2. The van der Waals surface area contributed by atoms with Gasteiger partial charge in [0.05, 0.1) is 4.92 Å². The second kappa shape index (κ2) is 8.74. The van der Waals surface area contributed by atoms with Crippen molar-refractivity contribution in [3.05, 3.63) is 22.2 Å². The smallest absolute Gasteiger partial charge is 0.301 e. The van der Waals surface area contributed by atoms with Crippen LogP contribution in [0.4, 0.5) is 11.5 Å². The van der Waals surface area contributed by atoms with E-state index < -0.39 is 0 Å². The van der Waals surface area contributed by atoms with E-state index in [-0.39, 0.29) is 10.6 Å². The Balaban J connectivity index is 2.74. The van der Waals surface area contributed by atoms with Crippen LogP contribution in [0, 0.1) is 10.1 Å². The molecule has 0 saturated carbocycles. The third-order valence-corrected chi connectivity index (χ3v) is 3.65. The summed E-state index contributed by atoms with van der Waals surface area (Å²) in [6.07, 6.45) is 4.35. The van der Waals surface area contributed by atoms with Crippen LogP contribution < -0.4 is 5.32 Å². The first kappa shape index (κ1) is 15.8. The zero-order chi connectivity index (χ0) is 14.1. The van der Waals surface area contributed by atoms with Crippen molar-refractivity contribution in [2.75, 3.05) is 17.6 Å². The fourth-order valence-electron chi connectivity index (χ4n) is 1.55. The van der Waals surface area contributed by atoms with Gasteiger partial charge in [0, 0.05) is 12.6 Å². The molecule has 0 aromatic carbocycles. The lowest BCUT2D eigenvalue weighted by Crippen LogP contribution is -2.03. The summed E-state index contributed by atoms with van der Waals surface area (Å²) in [5.41, 5.74) is 0.101. The molecule has 6 heteroatoms. The maximum atomic E-state index is 11.0. The Morgan fingerprint density at radius 2 is 2.11 bits per heavy atom. The zero-order valence-corrected chi connectivity index (χ0v) is 12.3. The standard InChI is InChI=1S/C13H21N3O2S/c1-3-5-6-10-19-13-11(16(17)18)7-8-12(15-13)14-9-4-2/h7-8H,3-6,9-10H2,1-2H3,(H,14,15). The zero-order valence-electron chi connectivity index (χ0n) is 11.5. The highest BCUT2D eigenvalue weighted by molar-refractivity contribution is 7.99. The highest BCUT2D eigenvalue weighted by Crippen LogP contribution is 2.29. The summed E-state index contributed by atoms with van der Waals surface area (Å²) in [6.45, 7) is 5.03. The molecular weight excluding hydrogens is 262 g/mol. The van der Waals surface area contributed by atoms with Gasteiger partial charge in [-0.15, -0.1) is 0 Å². The molecule has 0 saturated heterocycles. The Morgan fingerprint density at radius 3 is 2.74 bits per heavy atom. The first-order chi connectivity index (χ1) is 9.19. The summed E-state index contributed by atoms with van der Waals surface area (Å²) >= 11 is 1.47. The van der Waals surface area contributed by atoms with Crippen LogP contribution in [0.3, 0.4) is 0 Å². The van der Waals surface area contributed by atoms with E-state index >= 15 is 0 Å². The Bertz CT molecular complexity index is 413. The van der Waals surface area contributed by atoms with E-state index in [1.807, 2.05) is 0 Å². The molecule has 0 spiro atoms. The van der Waals surface area contributed by atoms with E-state index in [0.29, 0.717) is 10.8 Å². The van der Waals surface area contributed by atoms with E-state index in [9.17, 15) is 10.1 Å². The Morgan fingerprint density at radius 1 is 1.32 bits per heavy atom. The van der Waals surface area contributed by atoms with Gasteiger partial charge in [0.1, 0.15) is 5.82 Å². The normalized spacial score (nSPS) is 10.4. The van der Waals surface area contributed by atoms with Crippen molar-refractivity contribution >= 4 is 23.3 Å². The van der Waals surface area contributed by atoms with Crippen molar-refractivity contribution < 1.29 is 4.92 Å². The molecule has 0 bridgehead atoms. The largest absolute Gasteiger partial charge is 0.370 e.